The molecule has 0 radical (unpaired) electrons. The molecular formula is C17H28FN5O2. The van der Waals surface area contributed by atoms with E-state index in [0.717, 1.165) is 19.4 Å². The van der Waals surface area contributed by atoms with Gasteiger partial charge in [-0.15, -0.1) is 0 Å². The van der Waals surface area contributed by atoms with Crippen LogP contribution in [0, 0.1) is 11.7 Å². The summed E-state index contributed by atoms with van der Waals surface area (Å²) >= 11 is 0. The SMILES string of the molecule is CN(C)[C@@H]1CC[C@H](CO)CN(c2ncc(F)c(N3CCOCC3)n2)C1. The predicted octanol–water partition coefficient (Wildman–Crippen LogP) is 0.591. The van der Waals surface area contributed by atoms with Gasteiger partial charge in [0.25, 0.3) is 0 Å². The van der Waals surface area contributed by atoms with E-state index in [1.165, 1.54) is 6.20 Å². The normalized spacial score (nSPS) is 25.3. The van der Waals surface area contributed by atoms with Crippen LogP contribution in [0.1, 0.15) is 12.8 Å². The molecule has 0 unspecified atom stereocenters. The van der Waals surface area contributed by atoms with Crippen LogP contribution in [0.4, 0.5) is 16.2 Å². The number of hydrogen-bond donors (Lipinski definition) is 1. The van der Waals surface area contributed by atoms with Crippen LogP contribution < -0.4 is 9.80 Å². The van der Waals surface area contributed by atoms with Gasteiger partial charge in [-0.3, -0.25) is 0 Å². The van der Waals surface area contributed by atoms with E-state index in [1.54, 1.807) is 0 Å². The molecule has 0 spiro atoms. The molecule has 2 fully saturated rings. The molecule has 25 heavy (non-hydrogen) atoms. The molecule has 0 aromatic carbocycles. The number of aliphatic hydroxyl groups excluding tert-OH is 1. The molecule has 1 aromatic rings. The monoisotopic (exact) mass is 353 g/mol. The highest BCUT2D eigenvalue weighted by molar-refractivity contribution is 5.45. The Labute approximate surface area is 148 Å². The Hall–Kier alpha value is -1.51. The van der Waals surface area contributed by atoms with Crippen LogP contribution in [0.2, 0.25) is 0 Å². The van der Waals surface area contributed by atoms with Crippen molar-refractivity contribution in [2.75, 3.05) is 69.9 Å². The van der Waals surface area contributed by atoms with Crippen LogP contribution in [-0.4, -0.2) is 86.1 Å². The molecule has 3 heterocycles. The van der Waals surface area contributed by atoms with Gasteiger partial charge in [-0.2, -0.15) is 4.98 Å². The number of morpholine rings is 1. The summed E-state index contributed by atoms with van der Waals surface area (Å²) in [6.07, 6.45) is 3.25. The maximum Gasteiger partial charge on any atom is 0.227 e. The zero-order valence-electron chi connectivity index (χ0n) is 15.1. The molecule has 0 aliphatic carbocycles. The highest BCUT2D eigenvalue weighted by Gasteiger charge is 2.27. The lowest BCUT2D eigenvalue weighted by Crippen LogP contribution is -2.41. The third-order valence-corrected chi connectivity index (χ3v) is 5.11. The molecule has 3 rings (SSSR count). The summed E-state index contributed by atoms with van der Waals surface area (Å²) in [7, 11) is 4.12. The maximum absolute atomic E-state index is 14.3. The number of aliphatic hydroxyl groups is 1. The molecule has 1 N–H and O–H groups in total. The lowest BCUT2D eigenvalue weighted by atomic mass is 10.0. The summed E-state index contributed by atoms with van der Waals surface area (Å²) in [5.41, 5.74) is 0. The molecule has 140 valence electrons. The first kappa shape index (κ1) is 18.3. The topological polar surface area (TPSA) is 65.0 Å². The number of aromatic nitrogens is 2. The molecule has 0 saturated carbocycles. The van der Waals surface area contributed by atoms with Gasteiger partial charge in [-0.05, 0) is 32.9 Å². The third kappa shape index (κ3) is 4.37. The molecule has 1 aromatic heterocycles. The largest absolute Gasteiger partial charge is 0.396 e. The second-order valence-electron chi connectivity index (χ2n) is 7.09. The number of hydrogen-bond acceptors (Lipinski definition) is 7. The van der Waals surface area contributed by atoms with E-state index in [0.29, 0.717) is 50.7 Å². The van der Waals surface area contributed by atoms with Crippen LogP contribution in [0.15, 0.2) is 6.20 Å². The van der Waals surface area contributed by atoms with Gasteiger partial charge in [0, 0.05) is 38.8 Å². The van der Waals surface area contributed by atoms with Crippen molar-refractivity contribution in [3.05, 3.63) is 12.0 Å². The van der Waals surface area contributed by atoms with Gasteiger partial charge >= 0.3 is 0 Å². The van der Waals surface area contributed by atoms with Crippen molar-refractivity contribution in [1.82, 2.24) is 14.9 Å². The fourth-order valence-corrected chi connectivity index (χ4v) is 3.48. The second-order valence-corrected chi connectivity index (χ2v) is 7.09. The van der Waals surface area contributed by atoms with Gasteiger partial charge in [0.15, 0.2) is 11.6 Å². The smallest absolute Gasteiger partial charge is 0.227 e. The summed E-state index contributed by atoms with van der Waals surface area (Å²) in [6, 6.07) is 0.358. The molecule has 2 saturated heterocycles. The fraction of sp³-hybridized carbons (Fsp3) is 0.765. The minimum atomic E-state index is -0.400. The minimum absolute atomic E-state index is 0.147. The van der Waals surface area contributed by atoms with Gasteiger partial charge in [0.05, 0.1) is 19.4 Å². The first-order chi connectivity index (χ1) is 12.1. The summed E-state index contributed by atoms with van der Waals surface area (Å²) in [4.78, 5) is 15.0. The van der Waals surface area contributed by atoms with Crippen LogP contribution in [-0.2, 0) is 4.74 Å². The van der Waals surface area contributed by atoms with Gasteiger partial charge < -0.3 is 24.5 Å². The van der Waals surface area contributed by atoms with E-state index in [9.17, 15) is 9.50 Å². The van der Waals surface area contributed by atoms with E-state index in [-0.39, 0.29) is 12.5 Å². The van der Waals surface area contributed by atoms with Gasteiger partial charge in [0.1, 0.15) is 0 Å². The second kappa shape index (κ2) is 8.25. The van der Waals surface area contributed by atoms with E-state index in [1.807, 2.05) is 4.90 Å². The lowest BCUT2D eigenvalue weighted by molar-refractivity contribution is 0.122. The Morgan fingerprint density at radius 2 is 2.00 bits per heavy atom. The highest BCUT2D eigenvalue weighted by Crippen LogP contribution is 2.25. The first-order valence-corrected chi connectivity index (χ1v) is 8.96. The van der Waals surface area contributed by atoms with E-state index < -0.39 is 5.82 Å². The number of ether oxygens (including phenoxy) is 1. The Bertz CT molecular complexity index is 568. The summed E-state index contributed by atoms with van der Waals surface area (Å²) in [5, 5.41) is 9.64. The van der Waals surface area contributed by atoms with Crippen molar-refractivity contribution in [1.29, 1.82) is 0 Å². The standard InChI is InChI=1S/C17H28FN5O2/c1-21(2)14-4-3-13(12-24)10-23(11-14)17-19-9-15(18)16(20-17)22-5-7-25-8-6-22/h9,13-14,24H,3-8,10-12H2,1-2H3/t13-,14+/m0/s1. The fourth-order valence-electron chi connectivity index (χ4n) is 3.48. The number of nitrogens with zero attached hydrogens (tertiary/aromatic N) is 5. The Morgan fingerprint density at radius 1 is 1.24 bits per heavy atom. The average molecular weight is 353 g/mol. The van der Waals surface area contributed by atoms with Crippen molar-refractivity contribution in [3.63, 3.8) is 0 Å². The predicted molar refractivity (Wildman–Crippen MR) is 94.5 cm³/mol. The summed E-state index contributed by atoms with van der Waals surface area (Å²) < 4.78 is 19.6. The number of anilines is 2. The highest BCUT2D eigenvalue weighted by atomic mass is 19.1. The quantitative estimate of drug-likeness (QED) is 0.850. The molecule has 0 bridgehead atoms. The zero-order chi connectivity index (χ0) is 17.8. The van der Waals surface area contributed by atoms with Gasteiger partial charge in [-0.25, -0.2) is 9.37 Å². The summed E-state index contributed by atoms with van der Waals surface area (Å²) in [6.45, 7) is 4.04. The first-order valence-electron chi connectivity index (χ1n) is 8.96. The van der Waals surface area contributed by atoms with Crippen LogP contribution >= 0.6 is 0 Å². The van der Waals surface area contributed by atoms with Crippen molar-refractivity contribution < 1.29 is 14.2 Å². The Morgan fingerprint density at radius 3 is 2.68 bits per heavy atom. The minimum Gasteiger partial charge on any atom is -0.396 e. The lowest BCUT2D eigenvalue weighted by Gasteiger charge is -2.31. The Kier molecular flexibility index (Phi) is 6.03. The molecule has 8 heteroatoms. The third-order valence-electron chi connectivity index (χ3n) is 5.11. The van der Waals surface area contributed by atoms with Gasteiger partial charge in [0.2, 0.25) is 5.95 Å². The van der Waals surface area contributed by atoms with E-state index in [4.69, 9.17) is 4.74 Å². The molecular weight excluding hydrogens is 325 g/mol. The van der Waals surface area contributed by atoms with Gasteiger partial charge in [-0.1, -0.05) is 0 Å². The molecule has 7 nitrogen and oxygen atoms in total. The number of rotatable bonds is 4. The van der Waals surface area contributed by atoms with Crippen molar-refractivity contribution in [3.8, 4) is 0 Å². The van der Waals surface area contributed by atoms with Crippen LogP contribution in [0.5, 0.6) is 0 Å². The Balaban J connectivity index is 1.85. The molecule has 2 aliphatic heterocycles. The number of likely N-dealkylation sites (N-methyl/N-ethyl adjacent to an activating group) is 1. The van der Waals surface area contributed by atoms with E-state index in [2.05, 4.69) is 33.9 Å². The van der Waals surface area contributed by atoms with E-state index >= 15 is 0 Å². The molecule has 2 aliphatic rings. The summed E-state index contributed by atoms with van der Waals surface area (Å²) in [5.74, 6) is 0.670. The molecule has 2 atom stereocenters. The van der Waals surface area contributed by atoms with Crippen molar-refractivity contribution in [2.45, 2.75) is 18.9 Å². The maximum atomic E-state index is 14.3. The molecule has 0 amide bonds. The van der Waals surface area contributed by atoms with Crippen LogP contribution in [0.3, 0.4) is 0 Å². The zero-order valence-corrected chi connectivity index (χ0v) is 15.1. The van der Waals surface area contributed by atoms with Crippen molar-refractivity contribution in [2.24, 2.45) is 5.92 Å². The average Bonchev–Trinajstić information content (AvgIpc) is 2.86. The van der Waals surface area contributed by atoms with Crippen molar-refractivity contribution >= 4 is 11.8 Å². The van der Waals surface area contributed by atoms with Crippen LogP contribution in [0.25, 0.3) is 0 Å². The number of halogens is 1.